The standard InChI is InChI=1S/C25H22N2O7S2/c1-32-25(29)16-4-2-6-20(11-16)36(30,31)27(15-19-5-3-9-35-19)14-18-10-17-12-22-23(34-8-7-33-22)13-21(17)26-24(18)28/h2-6,9-13H,7-8,14-15H2,1H3,(H,26,28). The van der Waals surface area contributed by atoms with Crippen LogP contribution in [0.4, 0.5) is 0 Å². The predicted molar refractivity (Wildman–Crippen MR) is 134 cm³/mol. The van der Waals surface area contributed by atoms with Crippen molar-refractivity contribution >= 4 is 38.2 Å². The molecule has 4 aromatic rings. The molecule has 0 unspecified atom stereocenters. The number of nitrogens with zero attached hydrogens (tertiary/aromatic N) is 1. The molecule has 0 aliphatic carbocycles. The van der Waals surface area contributed by atoms with Crippen LogP contribution in [0.5, 0.6) is 11.5 Å². The molecule has 36 heavy (non-hydrogen) atoms. The van der Waals surface area contributed by atoms with E-state index in [0.29, 0.717) is 35.6 Å². The zero-order valence-electron chi connectivity index (χ0n) is 19.2. The van der Waals surface area contributed by atoms with Crippen LogP contribution in [0.2, 0.25) is 0 Å². The van der Waals surface area contributed by atoms with Gasteiger partial charge in [-0.1, -0.05) is 12.1 Å². The van der Waals surface area contributed by atoms with Gasteiger partial charge in [-0.3, -0.25) is 4.79 Å². The van der Waals surface area contributed by atoms with Crippen molar-refractivity contribution in [2.45, 2.75) is 18.0 Å². The third kappa shape index (κ3) is 4.72. The highest BCUT2D eigenvalue weighted by Gasteiger charge is 2.27. The van der Waals surface area contributed by atoms with E-state index in [0.717, 1.165) is 4.88 Å². The maximum atomic E-state index is 13.7. The SMILES string of the molecule is COC(=O)c1cccc(S(=O)(=O)N(Cc2cccs2)Cc2cc3cc4c(cc3[nH]c2=O)OCCO4)c1. The van der Waals surface area contributed by atoms with E-state index in [1.807, 2.05) is 17.5 Å². The first-order chi connectivity index (χ1) is 17.3. The van der Waals surface area contributed by atoms with Crippen LogP contribution in [0.3, 0.4) is 0 Å². The molecule has 0 saturated heterocycles. The van der Waals surface area contributed by atoms with Crippen LogP contribution in [0.1, 0.15) is 20.8 Å². The minimum absolute atomic E-state index is 0.0566. The molecule has 0 bridgehead atoms. The molecule has 0 atom stereocenters. The summed E-state index contributed by atoms with van der Waals surface area (Å²) in [6.45, 7) is 0.725. The van der Waals surface area contributed by atoms with Gasteiger partial charge in [-0.25, -0.2) is 13.2 Å². The van der Waals surface area contributed by atoms with Crippen molar-refractivity contribution in [2.75, 3.05) is 20.3 Å². The number of carbonyl (C=O) groups is 1. The molecule has 5 rings (SSSR count). The molecule has 1 aliphatic heterocycles. The van der Waals surface area contributed by atoms with Crippen molar-refractivity contribution in [1.82, 2.24) is 9.29 Å². The van der Waals surface area contributed by atoms with Crippen molar-refractivity contribution in [3.05, 3.63) is 86.3 Å². The number of hydrogen-bond acceptors (Lipinski definition) is 8. The summed E-state index contributed by atoms with van der Waals surface area (Å²) in [5.74, 6) is 0.469. The average Bonchev–Trinajstić information content (AvgIpc) is 3.40. The number of pyridine rings is 1. The second kappa shape index (κ2) is 9.76. The van der Waals surface area contributed by atoms with E-state index >= 15 is 0 Å². The predicted octanol–water partition coefficient (Wildman–Crippen LogP) is 3.54. The minimum atomic E-state index is -4.09. The molecular formula is C25H22N2O7S2. The van der Waals surface area contributed by atoms with Crippen molar-refractivity contribution in [1.29, 1.82) is 0 Å². The Bertz CT molecular complexity index is 1590. The molecule has 186 valence electrons. The Hall–Kier alpha value is -3.67. The number of hydrogen-bond donors (Lipinski definition) is 1. The Morgan fingerprint density at radius 3 is 2.56 bits per heavy atom. The molecule has 2 aromatic heterocycles. The maximum Gasteiger partial charge on any atom is 0.337 e. The highest BCUT2D eigenvalue weighted by atomic mass is 32.2. The molecule has 9 nitrogen and oxygen atoms in total. The van der Waals surface area contributed by atoms with Crippen LogP contribution in [0.15, 0.2) is 69.7 Å². The van der Waals surface area contributed by atoms with E-state index in [1.165, 1.54) is 47.0 Å². The molecule has 2 aromatic carbocycles. The van der Waals surface area contributed by atoms with Crippen LogP contribution in [-0.2, 0) is 27.8 Å². The molecule has 0 saturated carbocycles. The van der Waals surface area contributed by atoms with Gasteiger partial charge < -0.3 is 19.2 Å². The molecule has 0 amide bonds. The second-order valence-corrected chi connectivity index (χ2v) is 11.0. The van der Waals surface area contributed by atoms with Gasteiger partial charge in [-0.15, -0.1) is 11.3 Å². The van der Waals surface area contributed by atoms with Gasteiger partial charge in [0.15, 0.2) is 11.5 Å². The summed E-state index contributed by atoms with van der Waals surface area (Å²) in [6, 6.07) is 14.4. The highest BCUT2D eigenvalue weighted by Crippen LogP contribution is 2.34. The number of H-pyrrole nitrogens is 1. The third-order valence-electron chi connectivity index (χ3n) is 5.74. The lowest BCUT2D eigenvalue weighted by molar-refractivity contribution is 0.0600. The number of aromatic amines is 1. The number of benzene rings is 2. The normalized spacial score (nSPS) is 13.2. The lowest BCUT2D eigenvalue weighted by atomic mass is 10.1. The zero-order valence-corrected chi connectivity index (χ0v) is 20.9. The van der Waals surface area contributed by atoms with E-state index < -0.39 is 21.6 Å². The number of ether oxygens (including phenoxy) is 3. The Morgan fingerprint density at radius 2 is 1.83 bits per heavy atom. The van der Waals surface area contributed by atoms with Crippen LogP contribution in [-0.4, -0.2) is 44.0 Å². The van der Waals surface area contributed by atoms with Gasteiger partial charge in [0.2, 0.25) is 10.0 Å². The number of carbonyl (C=O) groups excluding carboxylic acids is 1. The van der Waals surface area contributed by atoms with Gasteiger partial charge in [-0.2, -0.15) is 4.31 Å². The van der Waals surface area contributed by atoms with E-state index in [9.17, 15) is 18.0 Å². The first kappa shape index (κ1) is 24.0. The van der Waals surface area contributed by atoms with Gasteiger partial charge in [0, 0.05) is 35.0 Å². The summed E-state index contributed by atoms with van der Waals surface area (Å²) in [5.41, 5.74) is 0.536. The molecule has 0 radical (unpaired) electrons. The lowest BCUT2D eigenvalue weighted by Gasteiger charge is -2.22. The molecule has 0 spiro atoms. The highest BCUT2D eigenvalue weighted by molar-refractivity contribution is 7.89. The summed E-state index contributed by atoms with van der Waals surface area (Å²) in [6.07, 6.45) is 0. The molecule has 3 heterocycles. The number of methoxy groups -OCH3 is 1. The molecular weight excluding hydrogens is 504 g/mol. The number of rotatable bonds is 7. The number of esters is 1. The van der Waals surface area contributed by atoms with E-state index in [1.54, 1.807) is 18.2 Å². The number of aromatic nitrogens is 1. The molecule has 11 heteroatoms. The number of nitrogens with one attached hydrogen (secondary N) is 1. The summed E-state index contributed by atoms with van der Waals surface area (Å²) in [7, 11) is -2.86. The Balaban J connectivity index is 1.55. The Labute approximate surface area is 210 Å². The average molecular weight is 527 g/mol. The largest absolute Gasteiger partial charge is 0.486 e. The lowest BCUT2D eigenvalue weighted by Crippen LogP contribution is -2.32. The van der Waals surface area contributed by atoms with Crippen LogP contribution in [0, 0.1) is 0 Å². The molecule has 1 N–H and O–H groups in total. The Morgan fingerprint density at radius 1 is 1.06 bits per heavy atom. The summed E-state index contributed by atoms with van der Waals surface area (Å²) in [4.78, 5) is 28.5. The second-order valence-electron chi connectivity index (χ2n) is 8.08. The fraction of sp³-hybridized carbons (Fsp3) is 0.200. The van der Waals surface area contributed by atoms with E-state index in [-0.39, 0.29) is 29.1 Å². The number of thiophene rings is 1. The summed E-state index contributed by atoms with van der Waals surface area (Å²) >= 11 is 1.41. The number of fused-ring (bicyclic) bond motifs is 2. The Kier molecular flexibility index (Phi) is 6.52. The van der Waals surface area contributed by atoms with Gasteiger partial charge >= 0.3 is 5.97 Å². The van der Waals surface area contributed by atoms with Crippen LogP contribution in [0.25, 0.3) is 10.9 Å². The topological polar surface area (TPSA) is 115 Å². The van der Waals surface area contributed by atoms with Crippen LogP contribution >= 0.6 is 11.3 Å². The first-order valence-corrected chi connectivity index (χ1v) is 13.3. The van der Waals surface area contributed by atoms with Gasteiger partial charge in [0.1, 0.15) is 13.2 Å². The van der Waals surface area contributed by atoms with Gasteiger partial charge in [0.25, 0.3) is 5.56 Å². The van der Waals surface area contributed by atoms with Crippen molar-refractivity contribution < 1.29 is 27.4 Å². The molecule has 0 fully saturated rings. The smallest absolute Gasteiger partial charge is 0.337 e. The van der Waals surface area contributed by atoms with Crippen molar-refractivity contribution in [3.8, 4) is 11.5 Å². The first-order valence-electron chi connectivity index (χ1n) is 11.0. The van der Waals surface area contributed by atoms with Gasteiger partial charge in [-0.05, 0) is 41.8 Å². The zero-order chi connectivity index (χ0) is 25.3. The molecule has 1 aliphatic rings. The fourth-order valence-corrected chi connectivity index (χ4v) is 6.19. The van der Waals surface area contributed by atoms with E-state index in [2.05, 4.69) is 4.98 Å². The summed E-state index contributed by atoms with van der Waals surface area (Å²) in [5, 5.41) is 2.54. The van der Waals surface area contributed by atoms with E-state index in [4.69, 9.17) is 14.2 Å². The monoisotopic (exact) mass is 526 g/mol. The third-order valence-corrected chi connectivity index (χ3v) is 8.38. The van der Waals surface area contributed by atoms with Crippen molar-refractivity contribution in [2.24, 2.45) is 0 Å². The van der Waals surface area contributed by atoms with Crippen LogP contribution < -0.4 is 15.0 Å². The number of sulfonamides is 1. The van der Waals surface area contributed by atoms with Crippen molar-refractivity contribution in [3.63, 3.8) is 0 Å². The van der Waals surface area contributed by atoms with Gasteiger partial charge in [0.05, 0.1) is 23.1 Å². The minimum Gasteiger partial charge on any atom is -0.486 e. The maximum absolute atomic E-state index is 13.7. The summed E-state index contributed by atoms with van der Waals surface area (Å²) < 4.78 is 44.6. The quantitative estimate of drug-likeness (QED) is 0.366. The fourth-order valence-electron chi connectivity index (χ4n) is 3.95.